The molecule has 1 heterocycles. The molecule has 2 N–H and O–H groups in total. The van der Waals surface area contributed by atoms with Crippen LogP contribution in [0, 0.1) is 0 Å². The summed E-state index contributed by atoms with van der Waals surface area (Å²) < 4.78 is 1.20. The van der Waals surface area contributed by atoms with Crippen LogP contribution in [0.4, 0.5) is 0 Å². The van der Waals surface area contributed by atoms with Gasteiger partial charge in [0.1, 0.15) is 0 Å². The van der Waals surface area contributed by atoms with Crippen LogP contribution in [-0.2, 0) is 0 Å². The largest absolute Gasteiger partial charge is 0.872 e. The molecule has 120 valence electrons. The summed E-state index contributed by atoms with van der Waals surface area (Å²) in [4.78, 5) is 23.7. The second-order valence-corrected chi connectivity index (χ2v) is 5.18. The molecule has 0 radical (unpaired) electrons. The highest BCUT2D eigenvalue weighted by atomic mass is 16.4. The Bertz CT molecular complexity index is 1090. The highest BCUT2D eigenvalue weighted by Crippen LogP contribution is 2.12. The summed E-state index contributed by atoms with van der Waals surface area (Å²) in [5.74, 6) is -1.28. The third kappa shape index (κ3) is 2.72. The predicted octanol–water partition coefficient (Wildman–Crippen LogP) is 0.176. The van der Waals surface area contributed by atoms with Crippen molar-refractivity contribution in [1.29, 1.82) is 0 Å². The van der Waals surface area contributed by atoms with Crippen LogP contribution >= 0.6 is 0 Å². The van der Waals surface area contributed by atoms with Crippen LogP contribution in [0.1, 0.15) is 15.9 Å². The van der Waals surface area contributed by atoms with E-state index in [0.717, 1.165) is 0 Å². The minimum absolute atomic E-state index is 0.0649. The van der Waals surface area contributed by atoms with Gasteiger partial charge in [-0.25, -0.2) is 9.48 Å². The van der Waals surface area contributed by atoms with Crippen molar-refractivity contribution in [2.45, 2.75) is 0 Å². The second-order valence-electron chi connectivity index (χ2n) is 5.18. The zero-order valence-corrected chi connectivity index (χ0v) is 12.5. The van der Waals surface area contributed by atoms with Crippen LogP contribution in [-0.4, -0.2) is 20.9 Å². The van der Waals surface area contributed by atoms with Gasteiger partial charge in [0.15, 0.2) is 0 Å². The maximum Gasteiger partial charge on any atom is 0.335 e. The fourth-order valence-corrected chi connectivity index (χ4v) is 2.36. The summed E-state index contributed by atoms with van der Waals surface area (Å²) in [5, 5.41) is 24.3. The van der Waals surface area contributed by atoms with E-state index in [4.69, 9.17) is 5.11 Å². The van der Waals surface area contributed by atoms with Crippen molar-refractivity contribution in [2.75, 3.05) is 0 Å². The number of carbonyl (C=O) groups is 1. The van der Waals surface area contributed by atoms with E-state index in [-0.39, 0.29) is 16.5 Å². The Hall–Kier alpha value is -3.54. The average molecular weight is 321 g/mol. The second kappa shape index (κ2) is 5.92. The zero-order chi connectivity index (χ0) is 17.3. The van der Waals surface area contributed by atoms with Gasteiger partial charge in [-0.15, -0.1) is 5.75 Å². The third-order valence-corrected chi connectivity index (χ3v) is 3.58. The lowest BCUT2D eigenvalue weighted by molar-refractivity contribution is -0.268. The van der Waals surface area contributed by atoms with Crippen molar-refractivity contribution in [2.24, 2.45) is 0 Å². The number of hydrogen-bond acceptors (Lipinski definition) is 3. The molecule has 0 aliphatic carbocycles. The molecule has 0 spiro atoms. The number of para-hydroxylation sites is 1. The monoisotopic (exact) mass is 321 g/mol. The minimum Gasteiger partial charge on any atom is -0.872 e. The molecule has 6 nitrogen and oxygen atoms in total. The van der Waals surface area contributed by atoms with Crippen LogP contribution in [0.5, 0.6) is 5.75 Å². The fourth-order valence-electron chi connectivity index (χ4n) is 2.36. The van der Waals surface area contributed by atoms with Crippen molar-refractivity contribution in [3.63, 3.8) is 0 Å². The van der Waals surface area contributed by atoms with Crippen LogP contribution in [0.2, 0.25) is 0 Å². The van der Waals surface area contributed by atoms with E-state index in [2.05, 4.69) is 11.7 Å². The Kier molecular flexibility index (Phi) is 3.79. The highest BCUT2D eigenvalue weighted by Gasteiger charge is 2.08. The smallest absolute Gasteiger partial charge is 0.335 e. The van der Waals surface area contributed by atoms with Gasteiger partial charge < -0.3 is 10.2 Å². The van der Waals surface area contributed by atoms with Gasteiger partial charge in [0.2, 0.25) is 0 Å². The number of rotatable bonds is 3. The molecule has 3 rings (SSSR count). The Labute approximate surface area is 136 Å². The number of carboxylic acids is 1. The standard InChI is InChI=1S/C18H14N2O4/c1-11-15(10-12-5-2-3-8-16(12)21)17(22)20(19-11)14-7-4-6-13(9-14)18(23)24/h2-10,19,21H,1H2,(H,23,24)/p-1/b15-10+. The quantitative estimate of drug-likeness (QED) is 0.719. The molecule has 0 saturated heterocycles. The predicted molar refractivity (Wildman–Crippen MR) is 87.6 cm³/mol. The topological polar surface area (TPSA) is 98.2 Å². The lowest BCUT2D eigenvalue weighted by atomic mass is 10.1. The number of aromatic amines is 1. The molecule has 24 heavy (non-hydrogen) atoms. The summed E-state index contributed by atoms with van der Waals surface area (Å²) in [6.07, 6.45) is 1.47. The number of aromatic carboxylic acids is 1. The van der Waals surface area contributed by atoms with Gasteiger partial charge in [-0.05, 0) is 29.8 Å². The Balaban J connectivity index is 2.20. The number of carboxylic acid groups (broad SMARTS) is 1. The number of H-pyrrole nitrogens is 1. The Morgan fingerprint density at radius 3 is 2.67 bits per heavy atom. The van der Waals surface area contributed by atoms with Gasteiger partial charge in [-0.1, -0.05) is 36.9 Å². The Morgan fingerprint density at radius 2 is 1.96 bits per heavy atom. The van der Waals surface area contributed by atoms with Crippen molar-refractivity contribution in [1.82, 2.24) is 9.78 Å². The number of hydrogen-bond donors (Lipinski definition) is 2. The SMILES string of the molecule is C=c1[nH]n(-c2cccc(C(=O)O)c2)c(=O)/c1=C/c1ccccc1[O-]. The van der Waals surface area contributed by atoms with E-state index in [0.29, 0.717) is 16.6 Å². The van der Waals surface area contributed by atoms with Gasteiger partial charge in [0.25, 0.3) is 5.56 Å². The molecule has 0 aliphatic rings. The molecule has 0 saturated carbocycles. The molecule has 0 atom stereocenters. The van der Waals surface area contributed by atoms with E-state index in [1.807, 2.05) is 0 Å². The molecule has 2 aromatic carbocycles. The van der Waals surface area contributed by atoms with Crippen molar-refractivity contribution in [3.05, 3.63) is 80.6 Å². The van der Waals surface area contributed by atoms with Crippen LogP contribution in [0.3, 0.4) is 0 Å². The van der Waals surface area contributed by atoms with Crippen molar-refractivity contribution >= 4 is 18.6 Å². The lowest BCUT2D eigenvalue weighted by Crippen LogP contribution is -2.34. The van der Waals surface area contributed by atoms with Gasteiger partial charge >= 0.3 is 5.97 Å². The van der Waals surface area contributed by atoms with Crippen molar-refractivity contribution in [3.8, 4) is 11.4 Å². The molecular weight excluding hydrogens is 308 g/mol. The molecule has 0 fully saturated rings. The summed E-state index contributed by atoms with van der Waals surface area (Å²) >= 11 is 0. The van der Waals surface area contributed by atoms with Gasteiger partial charge in [-0.2, -0.15) is 0 Å². The van der Waals surface area contributed by atoms with E-state index in [1.54, 1.807) is 30.3 Å². The zero-order valence-electron chi connectivity index (χ0n) is 12.5. The molecule has 6 heteroatoms. The van der Waals surface area contributed by atoms with Gasteiger partial charge in [0, 0.05) is 0 Å². The molecule has 0 bridgehead atoms. The van der Waals surface area contributed by atoms with Crippen LogP contribution < -0.4 is 21.2 Å². The third-order valence-electron chi connectivity index (χ3n) is 3.58. The molecule has 1 aromatic heterocycles. The maximum absolute atomic E-state index is 12.6. The summed E-state index contributed by atoms with van der Waals surface area (Å²) in [6, 6.07) is 12.3. The number of nitrogens with zero attached hydrogens (tertiary/aromatic N) is 1. The molecule has 0 aliphatic heterocycles. The van der Waals surface area contributed by atoms with Crippen molar-refractivity contribution < 1.29 is 15.0 Å². The minimum atomic E-state index is -1.08. The van der Waals surface area contributed by atoms with Crippen LogP contribution in [0.25, 0.3) is 18.3 Å². The summed E-state index contributed by atoms with van der Waals surface area (Å²) in [7, 11) is 0. The van der Waals surface area contributed by atoms with E-state index in [1.165, 1.54) is 29.0 Å². The Morgan fingerprint density at radius 1 is 1.21 bits per heavy atom. The number of benzene rings is 2. The fraction of sp³-hybridized carbons (Fsp3) is 0. The molecular formula is C18H13N2O4-. The summed E-state index contributed by atoms with van der Waals surface area (Å²) in [6.45, 7) is 3.78. The first kappa shape index (κ1) is 15.4. The maximum atomic E-state index is 12.6. The van der Waals surface area contributed by atoms with Gasteiger partial charge in [-0.3, -0.25) is 9.89 Å². The normalized spacial score (nSPS) is 11.6. The first-order valence-electron chi connectivity index (χ1n) is 7.09. The van der Waals surface area contributed by atoms with E-state index >= 15 is 0 Å². The van der Waals surface area contributed by atoms with Gasteiger partial charge in [0.05, 0.1) is 21.8 Å². The van der Waals surface area contributed by atoms with Crippen LogP contribution in [0.15, 0.2) is 53.3 Å². The number of nitrogens with one attached hydrogen (secondary N) is 1. The lowest BCUT2D eigenvalue weighted by Gasteiger charge is -2.07. The average Bonchev–Trinajstić information content (AvgIpc) is 2.85. The molecule has 0 unspecified atom stereocenters. The first-order chi connectivity index (χ1) is 11.5. The molecule has 0 amide bonds. The number of aromatic nitrogens is 2. The van der Waals surface area contributed by atoms with E-state index in [9.17, 15) is 14.7 Å². The molecule has 3 aromatic rings. The highest BCUT2D eigenvalue weighted by molar-refractivity contribution is 5.88. The van der Waals surface area contributed by atoms with E-state index < -0.39 is 11.5 Å². The summed E-state index contributed by atoms with van der Waals surface area (Å²) in [5.41, 5.74) is 0.408. The first-order valence-corrected chi connectivity index (χ1v) is 7.09.